The first kappa shape index (κ1) is 28.5. The van der Waals surface area contributed by atoms with Crippen LogP contribution in [-0.2, 0) is 5.41 Å². The van der Waals surface area contributed by atoms with Gasteiger partial charge in [0.05, 0.1) is 29.6 Å². The molecular formula is C35H46Si3. The maximum absolute atomic E-state index is 2.43. The van der Waals surface area contributed by atoms with Gasteiger partial charge >= 0.3 is 0 Å². The second kappa shape index (κ2) is 10.3. The van der Waals surface area contributed by atoms with E-state index in [2.05, 4.69) is 163 Å². The maximum Gasteiger partial charge on any atom is 0.0775 e. The summed E-state index contributed by atoms with van der Waals surface area (Å²) in [6.45, 7) is 24.1. The number of benzene rings is 4. The lowest BCUT2D eigenvalue weighted by atomic mass is 9.65. The summed E-state index contributed by atoms with van der Waals surface area (Å²) >= 11 is 0. The van der Waals surface area contributed by atoms with Crippen LogP contribution >= 0.6 is 0 Å². The van der Waals surface area contributed by atoms with Gasteiger partial charge in [-0.2, -0.15) is 0 Å². The van der Waals surface area contributed by atoms with E-state index in [4.69, 9.17) is 0 Å². The molecule has 0 amide bonds. The minimum Gasteiger partial charge on any atom is -0.0656 e. The SMILES string of the molecule is Cc1ccc(C(c2ccc([Si](C)(C)C)cc2)(c2ccc([Si](C)(C)C)cc2)c2ccc([Si](C)(C)C)cc2)cc1. The smallest absolute Gasteiger partial charge is 0.0656 e. The summed E-state index contributed by atoms with van der Waals surface area (Å²) in [5.74, 6) is 0. The van der Waals surface area contributed by atoms with E-state index in [0.717, 1.165) is 0 Å². The standard InChI is InChI=1S/C35H46Si3/c1-27-11-13-28(14-12-27)35(29-15-21-32(22-16-29)36(2,3)4,30-17-23-33(24-18-30)37(5,6)7)31-19-25-34(26-20-31)38(8,9)10/h11-26H,1-10H3. The van der Waals surface area contributed by atoms with Crippen molar-refractivity contribution in [3.05, 3.63) is 125 Å². The van der Waals surface area contributed by atoms with Gasteiger partial charge in [-0.15, -0.1) is 0 Å². The van der Waals surface area contributed by atoms with Crippen LogP contribution in [0.15, 0.2) is 97.1 Å². The molecule has 4 aromatic rings. The minimum absolute atomic E-state index is 0.387. The number of hydrogen-bond donors (Lipinski definition) is 0. The predicted octanol–water partition coefficient (Wildman–Crippen LogP) is 8.01. The zero-order valence-corrected chi connectivity index (χ0v) is 28.2. The van der Waals surface area contributed by atoms with Crippen LogP contribution in [0.3, 0.4) is 0 Å². The van der Waals surface area contributed by atoms with Crippen molar-refractivity contribution >= 4 is 39.8 Å². The molecule has 198 valence electrons. The van der Waals surface area contributed by atoms with E-state index in [1.807, 2.05) is 0 Å². The molecule has 0 atom stereocenters. The fraction of sp³-hybridized carbons (Fsp3) is 0.314. The molecule has 0 aromatic heterocycles. The van der Waals surface area contributed by atoms with Crippen LogP contribution in [0.1, 0.15) is 27.8 Å². The summed E-state index contributed by atoms with van der Waals surface area (Å²) in [7, 11) is -4.23. The molecule has 0 bridgehead atoms. The van der Waals surface area contributed by atoms with Crippen LogP contribution in [0.4, 0.5) is 0 Å². The normalized spacial score (nSPS) is 13.0. The van der Waals surface area contributed by atoms with Crippen molar-refractivity contribution in [2.45, 2.75) is 71.3 Å². The largest absolute Gasteiger partial charge is 0.0775 e. The lowest BCUT2D eigenvalue weighted by Crippen LogP contribution is -2.40. The monoisotopic (exact) mass is 550 g/mol. The third kappa shape index (κ3) is 5.61. The lowest BCUT2D eigenvalue weighted by Gasteiger charge is -2.38. The fourth-order valence-electron chi connectivity index (χ4n) is 5.46. The van der Waals surface area contributed by atoms with Crippen LogP contribution in [0.5, 0.6) is 0 Å². The van der Waals surface area contributed by atoms with Crippen molar-refractivity contribution in [3.63, 3.8) is 0 Å². The third-order valence-corrected chi connectivity index (χ3v) is 14.2. The predicted molar refractivity (Wildman–Crippen MR) is 178 cm³/mol. The Kier molecular flexibility index (Phi) is 7.70. The van der Waals surface area contributed by atoms with Gasteiger partial charge in [-0.3, -0.25) is 0 Å². The second-order valence-electron chi connectivity index (χ2n) is 14.1. The molecule has 0 unspecified atom stereocenters. The highest BCUT2D eigenvalue weighted by molar-refractivity contribution is 6.89. The molecule has 0 spiro atoms. The first-order valence-corrected chi connectivity index (χ1v) is 24.5. The third-order valence-electron chi connectivity index (χ3n) is 8.04. The Morgan fingerprint density at radius 2 is 0.553 bits per heavy atom. The van der Waals surface area contributed by atoms with Crippen molar-refractivity contribution in [1.82, 2.24) is 0 Å². The van der Waals surface area contributed by atoms with Gasteiger partial charge in [0.2, 0.25) is 0 Å². The van der Waals surface area contributed by atoms with E-state index in [-0.39, 0.29) is 5.41 Å². The molecule has 0 N–H and O–H groups in total. The first-order valence-electron chi connectivity index (χ1n) is 14.0. The Morgan fingerprint density at radius 3 is 0.763 bits per heavy atom. The van der Waals surface area contributed by atoms with E-state index in [1.165, 1.54) is 43.4 Å². The molecule has 0 fully saturated rings. The van der Waals surface area contributed by atoms with E-state index < -0.39 is 24.2 Å². The minimum atomic E-state index is -1.41. The summed E-state index contributed by atoms with van der Waals surface area (Å²) in [5.41, 5.74) is 6.24. The Balaban J connectivity index is 2.07. The molecule has 4 rings (SSSR count). The van der Waals surface area contributed by atoms with Crippen LogP contribution in [0.25, 0.3) is 0 Å². The van der Waals surface area contributed by atoms with Gasteiger partial charge in [0, 0.05) is 0 Å². The topological polar surface area (TPSA) is 0 Å². The first-order chi connectivity index (χ1) is 17.6. The van der Waals surface area contributed by atoms with Crippen molar-refractivity contribution in [2.75, 3.05) is 0 Å². The van der Waals surface area contributed by atoms with Gasteiger partial charge in [-0.1, -0.05) is 177 Å². The molecule has 0 aliphatic carbocycles. The molecule has 0 radical (unpaired) electrons. The Bertz CT molecular complexity index is 1220. The molecule has 0 nitrogen and oxygen atoms in total. The molecule has 38 heavy (non-hydrogen) atoms. The molecule has 0 aliphatic heterocycles. The average molecular weight is 551 g/mol. The summed E-state index contributed by atoms with van der Waals surface area (Å²) in [5, 5.41) is 4.51. The average Bonchev–Trinajstić information content (AvgIpc) is 2.85. The van der Waals surface area contributed by atoms with Crippen LogP contribution in [0, 0.1) is 6.92 Å². The van der Waals surface area contributed by atoms with Crippen LogP contribution in [-0.4, -0.2) is 24.2 Å². The number of rotatable bonds is 7. The molecule has 4 aromatic carbocycles. The van der Waals surface area contributed by atoms with Crippen LogP contribution < -0.4 is 15.6 Å². The van der Waals surface area contributed by atoms with Crippen molar-refractivity contribution in [2.24, 2.45) is 0 Å². The summed E-state index contributed by atoms with van der Waals surface area (Å²) in [4.78, 5) is 0. The van der Waals surface area contributed by atoms with Crippen LogP contribution in [0.2, 0.25) is 58.9 Å². The second-order valence-corrected chi connectivity index (χ2v) is 29.3. The summed E-state index contributed by atoms with van der Waals surface area (Å²) in [6.07, 6.45) is 0. The van der Waals surface area contributed by atoms with Crippen molar-refractivity contribution in [3.8, 4) is 0 Å². The van der Waals surface area contributed by atoms with Gasteiger partial charge in [-0.25, -0.2) is 0 Å². The van der Waals surface area contributed by atoms with Gasteiger partial charge in [0.15, 0.2) is 0 Å². The maximum atomic E-state index is 2.43. The Labute approximate surface area is 235 Å². The van der Waals surface area contributed by atoms with Gasteiger partial charge in [0.1, 0.15) is 0 Å². The molecule has 3 heteroatoms. The zero-order chi connectivity index (χ0) is 27.9. The van der Waals surface area contributed by atoms with Crippen molar-refractivity contribution in [1.29, 1.82) is 0 Å². The lowest BCUT2D eigenvalue weighted by molar-refractivity contribution is 0.745. The number of aryl methyl sites for hydroxylation is 1. The fourth-order valence-corrected chi connectivity index (χ4v) is 8.96. The van der Waals surface area contributed by atoms with E-state index in [0.29, 0.717) is 0 Å². The van der Waals surface area contributed by atoms with Gasteiger partial charge in [0.25, 0.3) is 0 Å². The summed E-state index contributed by atoms with van der Waals surface area (Å²) in [6, 6.07) is 38.1. The highest BCUT2D eigenvalue weighted by atomic mass is 28.3. The van der Waals surface area contributed by atoms with Gasteiger partial charge in [-0.05, 0) is 29.2 Å². The quantitative estimate of drug-likeness (QED) is 0.161. The highest BCUT2D eigenvalue weighted by Gasteiger charge is 2.39. The molecule has 0 saturated carbocycles. The van der Waals surface area contributed by atoms with Gasteiger partial charge < -0.3 is 0 Å². The molecule has 0 saturated heterocycles. The van der Waals surface area contributed by atoms with E-state index >= 15 is 0 Å². The van der Waals surface area contributed by atoms with E-state index in [1.54, 1.807) is 0 Å². The Hall–Kier alpha value is -2.47. The van der Waals surface area contributed by atoms with E-state index in [9.17, 15) is 0 Å². The Morgan fingerprint density at radius 1 is 0.342 bits per heavy atom. The molecular weight excluding hydrogens is 505 g/mol. The van der Waals surface area contributed by atoms with Crippen molar-refractivity contribution < 1.29 is 0 Å². The summed E-state index contributed by atoms with van der Waals surface area (Å²) < 4.78 is 0. The molecule has 0 aliphatic rings. The number of hydrogen-bond acceptors (Lipinski definition) is 0. The molecule has 0 heterocycles. The highest BCUT2D eigenvalue weighted by Crippen LogP contribution is 2.45. The zero-order valence-electron chi connectivity index (χ0n) is 25.2.